The Bertz CT molecular complexity index is 328. The molecule has 0 aliphatic rings. The van der Waals surface area contributed by atoms with Gasteiger partial charge in [0, 0.05) is 0 Å². The number of alkyl halides is 12. The standard InChI is InChI=1S/C6H3F12O3P/c7-3(8,9)1(4(10,11)12)20-22(19)21-2(5(13,14)15)6(16,17)18/h1-2,22H. The van der Waals surface area contributed by atoms with E-state index < -0.39 is 45.2 Å². The fourth-order valence-electron chi connectivity index (χ4n) is 0.859. The van der Waals surface area contributed by atoms with Gasteiger partial charge in [0.1, 0.15) is 0 Å². The smallest absolute Gasteiger partial charge is 0.288 e. The molecule has 0 atom stereocenters. The molecule has 134 valence electrons. The second-order valence-corrected chi connectivity index (χ2v) is 4.38. The highest BCUT2D eigenvalue weighted by atomic mass is 31.1. The molecule has 22 heavy (non-hydrogen) atoms. The molecule has 0 saturated carbocycles. The van der Waals surface area contributed by atoms with E-state index in [1.165, 1.54) is 0 Å². The zero-order valence-electron chi connectivity index (χ0n) is 9.42. The van der Waals surface area contributed by atoms with Crippen LogP contribution in [-0.2, 0) is 13.6 Å². The van der Waals surface area contributed by atoms with Crippen molar-refractivity contribution < 1.29 is 66.3 Å². The van der Waals surface area contributed by atoms with Crippen molar-refractivity contribution in [1.82, 2.24) is 0 Å². The minimum Gasteiger partial charge on any atom is -0.288 e. The van der Waals surface area contributed by atoms with E-state index in [0.29, 0.717) is 0 Å². The number of halogens is 12. The van der Waals surface area contributed by atoms with Crippen molar-refractivity contribution in [3.63, 3.8) is 0 Å². The normalized spacial score (nSPS) is 15.2. The molecule has 0 saturated heterocycles. The van der Waals surface area contributed by atoms with E-state index >= 15 is 0 Å². The van der Waals surface area contributed by atoms with Crippen LogP contribution in [0.4, 0.5) is 52.7 Å². The van der Waals surface area contributed by atoms with Crippen molar-refractivity contribution in [2.75, 3.05) is 0 Å². The zero-order valence-corrected chi connectivity index (χ0v) is 10.4. The summed E-state index contributed by atoms with van der Waals surface area (Å²) in [5.74, 6) is 0. The van der Waals surface area contributed by atoms with Crippen LogP contribution in [0.5, 0.6) is 0 Å². The summed E-state index contributed by atoms with van der Waals surface area (Å²) in [6, 6.07) is 0. The Hall–Kier alpha value is -0.690. The lowest BCUT2D eigenvalue weighted by Crippen LogP contribution is -2.45. The first-order valence-electron chi connectivity index (χ1n) is 4.51. The first kappa shape index (κ1) is 21.3. The highest BCUT2D eigenvalue weighted by molar-refractivity contribution is 7.33. The van der Waals surface area contributed by atoms with Gasteiger partial charge in [0.2, 0.25) is 0 Å². The van der Waals surface area contributed by atoms with Crippen LogP contribution in [0.2, 0.25) is 0 Å². The van der Waals surface area contributed by atoms with Gasteiger partial charge < -0.3 is 0 Å². The summed E-state index contributed by atoms with van der Waals surface area (Å²) >= 11 is 0. The largest absolute Gasteiger partial charge is 0.424 e. The fourth-order valence-corrected chi connectivity index (χ4v) is 1.83. The van der Waals surface area contributed by atoms with Gasteiger partial charge in [0.15, 0.2) is 0 Å². The lowest BCUT2D eigenvalue weighted by Gasteiger charge is -2.25. The average molecular weight is 382 g/mol. The predicted molar refractivity (Wildman–Crippen MR) is 43.0 cm³/mol. The van der Waals surface area contributed by atoms with Crippen molar-refractivity contribution in [3.8, 4) is 0 Å². The molecule has 0 unspecified atom stereocenters. The highest BCUT2D eigenvalue weighted by Crippen LogP contribution is 2.46. The first-order chi connectivity index (χ1) is 9.37. The number of hydrogen-bond donors (Lipinski definition) is 0. The fraction of sp³-hybridized carbons (Fsp3) is 1.00. The monoisotopic (exact) mass is 382 g/mol. The molecule has 0 aromatic carbocycles. The Balaban J connectivity index is 5.20. The molecule has 0 aliphatic carbocycles. The molecule has 0 rings (SSSR count). The van der Waals surface area contributed by atoms with E-state index in [-0.39, 0.29) is 0 Å². The van der Waals surface area contributed by atoms with Crippen LogP contribution in [0, 0.1) is 0 Å². The van der Waals surface area contributed by atoms with Gasteiger partial charge in [-0.3, -0.25) is 13.6 Å². The van der Waals surface area contributed by atoms with Gasteiger partial charge in [-0.15, -0.1) is 0 Å². The molecule has 0 spiro atoms. The minimum absolute atomic E-state index is 2.67. The second-order valence-electron chi connectivity index (χ2n) is 3.41. The number of rotatable bonds is 4. The molecular formula is C6H3F12O3P. The van der Waals surface area contributed by atoms with Gasteiger partial charge in [0.05, 0.1) is 0 Å². The molecule has 0 heterocycles. The molecule has 3 nitrogen and oxygen atoms in total. The summed E-state index contributed by atoms with van der Waals surface area (Å²) in [6.45, 7) is 0. The maximum absolute atomic E-state index is 11.9. The molecule has 0 aromatic heterocycles. The molecule has 0 aromatic rings. The maximum Gasteiger partial charge on any atom is 0.424 e. The molecule has 0 aliphatic heterocycles. The van der Waals surface area contributed by atoms with Gasteiger partial charge in [-0.05, 0) is 0 Å². The summed E-state index contributed by atoms with van der Waals surface area (Å²) in [4.78, 5) is 0. The van der Waals surface area contributed by atoms with Crippen molar-refractivity contribution in [2.45, 2.75) is 36.9 Å². The molecule has 0 amide bonds. The van der Waals surface area contributed by atoms with Crippen LogP contribution in [0.25, 0.3) is 0 Å². The van der Waals surface area contributed by atoms with Crippen molar-refractivity contribution in [3.05, 3.63) is 0 Å². The minimum atomic E-state index is -6.28. The van der Waals surface area contributed by atoms with Gasteiger partial charge in [-0.25, -0.2) is 0 Å². The quantitative estimate of drug-likeness (QED) is 0.535. The summed E-state index contributed by atoms with van der Waals surface area (Å²) < 4.78 is 159. The third-order valence-corrected chi connectivity index (χ3v) is 2.47. The van der Waals surface area contributed by atoms with Crippen LogP contribution in [-0.4, -0.2) is 36.9 Å². The molecule has 0 radical (unpaired) electrons. The summed E-state index contributed by atoms with van der Waals surface area (Å²) in [5, 5.41) is 0. The lowest BCUT2D eigenvalue weighted by molar-refractivity contribution is -0.311. The lowest BCUT2D eigenvalue weighted by atomic mass is 10.3. The van der Waals surface area contributed by atoms with Crippen LogP contribution < -0.4 is 0 Å². The SMILES string of the molecule is O=[PH](OC(C(F)(F)F)C(F)(F)F)OC(C(F)(F)F)C(F)(F)F. The van der Waals surface area contributed by atoms with Crippen LogP contribution >= 0.6 is 8.25 Å². The van der Waals surface area contributed by atoms with Gasteiger partial charge in [0.25, 0.3) is 12.2 Å². The van der Waals surface area contributed by atoms with Gasteiger partial charge >= 0.3 is 33.0 Å². The average Bonchev–Trinajstić information content (AvgIpc) is 2.15. The molecule has 0 N–H and O–H groups in total. The van der Waals surface area contributed by atoms with Crippen molar-refractivity contribution in [1.29, 1.82) is 0 Å². The third kappa shape index (κ3) is 6.60. The topological polar surface area (TPSA) is 35.5 Å². The first-order valence-corrected chi connectivity index (χ1v) is 5.73. The molecular weight excluding hydrogens is 379 g/mol. The van der Waals surface area contributed by atoms with E-state index in [9.17, 15) is 57.3 Å². The van der Waals surface area contributed by atoms with E-state index in [0.717, 1.165) is 0 Å². The van der Waals surface area contributed by atoms with Crippen LogP contribution in [0.1, 0.15) is 0 Å². The zero-order chi connectivity index (χ0) is 18.1. The number of hydrogen-bond acceptors (Lipinski definition) is 3. The summed E-state index contributed by atoms with van der Waals surface area (Å²) in [7, 11) is -5.45. The molecule has 0 bridgehead atoms. The van der Waals surface area contributed by atoms with Crippen LogP contribution in [0.15, 0.2) is 0 Å². The highest BCUT2D eigenvalue weighted by Gasteiger charge is 2.61. The Morgan fingerprint density at radius 1 is 0.545 bits per heavy atom. The predicted octanol–water partition coefficient (Wildman–Crippen LogP) is 4.40. The van der Waals surface area contributed by atoms with E-state index in [2.05, 4.69) is 9.05 Å². The summed E-state index contributed by atoms with van der Waals surface area (Å²) in [5.41, 5.74) is 0. The van der Waals surface area contributed by atoms with Crippen LogP contribution in [0.3, 0.4) is 0 Å². The Morgan fingerprint density at radius 3 is 0.864 bits per heavy atom. The van der Waals surface area contributed by atoms with Gasteiger partial charge in [-0.2, -0.15) is 52.7 Å². The second kappa shape index (κ2) is 6.43. The van der Waals surface area contributed by atoms with E-state index in [1.54, 1.807) is 0 Å². The van der Waals surface area contributed by atoms with E-state index in [1.807, 2.05) is 0 Å². The Morgan fingerprint density at radius 2 is 0.727 bits per heavy atom. The van der Waals surface area contributed by atoms with Gasteiger partial charge in [-0.1, -0.05) is 0 Å². The van der Waals surface area contributed by atoms with Crippen molar-refractivity contribution in [2.24, 2.45) is 0 Å². The Kier molecular flexibility index (Phi) is 6.23. The Labute approximate surface area is 113 Å². The maximum atomic E-state index is 11.9. The van der Waals surface area contributed by atoms with Crippen molar-refractivity contribution >= 4 is 8.25 Å². The molecule has 16 heteroatoms. The molecule has 0 fully saturated rings. The summed E-state index contributed by atoms with van der Waals surface area (Å²) in [6.07, 6.45) is -34.9. The third-order valence-electron chi connectivity index (χ3n) is 1.62. The van der Waals surface area contributed by atoms with E-state index in [4.69, 9.17) is 0 Å².